The summed E-state index contributed by atoms with van der Waals surface area (Å²) in [6.07, 6.45) is 7.69. The van der Waals surface area contributed by atoms with Crippen LogP contribution in [0.3, 0.4) is 0 Å². The number of ether oxygens (including phenoxy) is 2. The molecule has 1 aromatic carbocycles. The van der Waals surface area contributed by atoms with Crippen LogP contribution in [0.15, 0.2) is 18.2 Å². The van der Waals surface area contributed by atoms with Crippen molar-refractivity contribution in [3.05, 3.63) is 23.8 Å². The molecule has 1 aliphatic heterocycles. The lowest BCUT2D eigenvalue weighted by molar-refractivity contribution is -0.0167. The van der Waals surface area contributed by atoms with Crippen LogP contribution in [0.25, 0.3) is 0 Å². The number of carbonyl (C=O) groups is 1. The van der Waals surface area contributed by atoms with Crippen molar-refractivity contribution >= 4 is 5.91 Å². The van der Waals surface area contributed by atoms with Crippen LogP contribution in [-0.2, 0) is 0 Å². The summed E-state index contributed by atoms with van der Waals surface area (Å²) in [6, 6.07) is 5.47. The lowest BCUT2D eigenvalue weighted by Gasteiger charge is -2.56. The van der Waals surface area contributed by atoms with Crippen molar-refractivity contribution in [2.45, 2.75) is 44.1 Å². The zero-order valence-corrected chi connectivity index (χ0v) is 12.6. The molecule has 4 fully saturated rings. The molecule has 22 heavy (non-hydrogen) atoms. The van der Waals surface area contributed by atoms with Gasteiger partial charge in [-0.3, -0.25) is 4.79 Å². The Kier molecular flexibility index (Phi) is 2.56. The van der Waals surface area contributed by atoms with Crippen molar-refractivity contribution in [2.75, 3.05) is 6.79 Å². The molecule has 0 saturated heterocycles. The zero-order chi connectivity index (χ0) is 14.7. The fraction of sp³-hybridized carbons (Fsp3) is 0.611. The van der Waals surface area contributed by atoms with Crippen LogP contribution < -0.4 is 14.8 Å². The van der Waals surface area contributed by atoms with E-state index >= 15 is 0 Å². The molecule has 1 heterocycles. The SMILES string of the molecule is O=C(NC12CC3CC(CC(C3)C1)C2)c1ccc2c(c1)OCO2. The number of nitrogens with one attached hydrogen (secondary N) is 1. The topological polar surface area (TPSA) is 47.6 Å². The maximum Gasteiger partial charge on any atom is 0.251 e. The monoisotopic (exact) mass is 299 g/mol. The van der Waals surface area contributed by atoms with Gasteiger partial charge in [-0.05, 0) is 74.5 Å². The first-order valence-electron chi connectivity index (χ1n) is 8.41. The third-order valence-electron chi connectivity index (χ3n) is 6.05. The normalized spacial score (nSPS) is 37.4. The van der Waals surface area contributed by atoms with Crippen molar-refractivity contribution in [1.82, 2.24) is 5.32 Å². The van der Waals surface area contributed by atoms with Crippen LogP contribution in [0.2, 0.25) is 0 Å². The van der Waals surface area contributed by atoms with E-state index in [2.05, 4.69) is 5.32 Å². The van der Waals surface area contributed by atoms with Crippen molar-refractivity contribution in [1.29, 1.82) is 0 Å². The summed E-state index contributed by atoms with van der Waals surface area (Å²) in [5.41, 5.74) is 0.738. The predicted octanol–water partition coefficient (Wildman–Crippen LogP) is 3.11. The summed E-state index contributed by atoms with van der Waals surface area (Å²) in [5.74, 6) is 3.96. The van der Waals surface area contributed by atoms with Crippen molar-refractivity contribution in [3.8, 4) is 11.5 Å². The molecule has 0 spiro atoms. The maximum atomic E-state index is 12.7. The second kappa shape index (κ2) is 4.40. The molecule has 0 atom stereocenters. The molecule has 1 N–H and O–H groups in total. The molecule has 4 saturated carbocycles. The van der Waals surface area contributed by atoms with Crippen LogP contribution in [0.4, 0.5) is 0 Å². The second-order valence-corrected chi connectivity index (χ2v) is 7.72. The van der Waals surface area contributed by atoms with E-state index in [1.807, 2.05) is 12.1 Å². The number of hydrogen-bond acceptors (Lipinski definition) is 3. The molecule has 1 amide bonds. The van der Waals surface area contributed by atoms with E-state index in [1.54, 1.807) is 6.07 Å². The van der Waals surface area contributed by atoms with Crippen LogP contribution in [-0.4, -0.2) is 18.2 Å². The van der Waals surface area contributed by atoms with Crippen molar-refractivity contribution in [3.63, 3.8) is 0 Å². The Bertz CT molecular complexity index is 604. The Balaban J connectivity index is 1.38. The third-order valence-corrected chi connectivity index (χ3v) is 6.05. The van der Waals surface area contributed by atoms with Gasteiger partial charge in [0.15, 0.2) is 11.5 Å². The van der Waals surface area contributed by atoms with Crippen molar-refractivity contribution < 1.29 is 14.3 Å². The summed E-state index contributed by atoms with van der Waals surface area (Å²) < 4.78 is 10.7. The highest BCUT2D eigenvalue weighted by atomic mass is 16.7. The van der Waals surface area contributed by atoms with Gasteiger partial charge < -0.3 is 14.8 Å². The first-order chi connectivity index (χ1) is 10.7. The van der Waals surface area contributed by atoms with Crippen LogP contribution in [0.5, 0.6) is 11.5 Å². The zero-order valence-electron chi connectivity index (χ0n) is 12.6. The number of benzene rings is 1. The molecular weight excluding hydrogens is 278 g/mol. The van der Waals surface area contributed by atoms with Crippen LogP contribution in [0, 0.1) is 17.8 Å². The molecule has 0 unspecified atom stereocenters. The number of hydrogen-bond donors (Lipinski definition) is 1. The third kappa shape index (κ3) is 1.93. The maximum absolute atomic E-state index is 12.7. The van der Waals surface area contributed by atoms with Gasteiger partial charge in [-0.15, -0.1) is 0 Å². The van der Waals surface area contributed by atoms with Crippen molar-refractivity contribution in [2.24, 2.45) is 17.8 Å². The molecule has 0 aromatic heterocycles. The molecule has 0 radical (unpaired) electrons. The van der Waals surface area contributed by atoms with E-state index < -0.39 is 0 Å². The smallest absolute Gasteiger partial charge is 0.251 e. The highest BCUT2D eigenvalue weighted by molar-refractivity contribution is 5.95. The Morgan fingerprint density at radius 3 is 2.32 bits per heavy atom. The van der Waals surface area contributed by atoms with Gasteiger partial charge in [0.05, 0.1) is 0 Å². The molecule has 4 heteroatoms. The number of carbonyl (C=O) groups excluding carboxylic acids is 1. The minimum absolute atomic E-state index is 0.0419. The highest BCUT2D eigenvalue weighted by Gasteiger charge is 2.51. The van der Waals surface area contributed by atoms with Gasteiger partial charge >= 0.3 is 0 Å². The quantitative estimate of drug-likeness (QED) is 0.912. The predicted molar refractivity (Wildman–Crippen MR) is 80.9 cm³/mol. The van der Waals surface area contributed by atoms with E-state index in [0.29, 0.717) is 11.3 Å². The summed E-state index contributed by atoms with van der Waals surface area (Å²) in [5, 5.41) is 3.40. The molecule has 6 rings (SSSR count). The second-order valence-electron chi connectivity index (χ2n) is 7.72. The minimum atomic E-state index is 0.0419. The number of amides is 1. The molecule has 116 valence electrons. The summed E-state index contributed by atoms with van der Waals surface area (Å²) >= 11 is 0. The van der Waals surface area contributed by atoms with Gasteiger partial charge in [0, 0.05) is 11.1 Å². The van der Waals surface area contributed by atoms with E-state index in [9.17, 15) is 4.79 Å². The molecule has 4 nitrogen and oxygen atoms in total. The highest BCUT2D eigenvalue weighted by Crippen LogP contribution is 2.55. The average Bonchev–Trinajstić information content (AvgIpc) is 2.92. The fourth-order valence-corrected chi connectivity index (χ4v) is 5.61. The van der Waals surface area contributed by atoms with E-state index in [4.69, 9.17) is 9.47 Å². The van der Waals surface area contributed by atoms with Crippen LogP contribution in [0.1, 0.15) is 48.9 Å². The first kappa shape index (κ1) is 12.8. The molecule has 5 aliphatic rings. The molecular formula is C18H21NO3. The Morgan fingerprint density at radius 2 is 1.64 bits per heavy atom. The lowest BCUT2D eigenvalue weighted by Crippen LogP contribution is -2.59. The van der Waals surface area contributed by atoms with Gasteiger partial charge in [0.1, 0.15) is 0 Å². The van der Waals surface area contributed by atoms with Gasteiger partial charge in [-0.1, -0.05) is 0 Å². The minimum Gasteiger partial charge on any atom is -0.454 e. The summed E-state index contributed by atoms with van der Waals surface area (Å²) in [6.45, 7) is 0.245. The average molecular weight is 299 g/mol. The standard InChI is InChI=1S/C18H21NO3/c20-17(14-1-2-15-16(6-14)22-10-21-15)19-18-7-11-3-12(8-18)5-13(4-11)9-18/h1-2,6,11-13H,3-5,7-10H2,(H,19,20). The Morgan fingerprint density at radius 1 is 1.00 bits per heavy atom. The largest absolute Gasteiger partial charge is 0.454 e. The van der Waals surface area contributed by atoms with Gasteiger partial charge in [-0.2, -0.15) is 0 Å². The Labute approximate surface area is 130 Å². The molecule has 4 aliphatic carbocycles. The summed E-state index contributed by atoms with van der Waals surface area (Å²) in [7, 11) is 0. The first-order valence-corrected chi connectivity index (χ1v) is 8.41. The van der Waals surface area contributed by atoms with E-state index in [-0.39, 0.29) is 18.2 Å². The molecule has 4 bridgehead atoms. The fourth-order valence-electron chi connectivity index (χ4n) is 5.61. The van der Waals surface area contributed by atoms with E-state index in [0.717, 1.165) is 23.5 Å². The lowest BCUT2D eigenvalue weighted by atomic mass is 9.53. The summed E-state index contributed by atoms with van der Waals surface area (Å²) in [4.78, 5) is 12.7. The van der Waals surface area contributed by atoms with Gasteiger partial charge in [-0.25, -0.2) is 0 Å². The number of fused-ring (bicyclic) bond motifs is 1. The molecule has 1 aromatic rings. The van der Waals surface area contributed by atoms with Gasteiger partial charge in [0.25, 0.3) is 5.91 Å². The number of rotatable bonds is 2. The van der Waals surface area contributed by atoms with Gasteiger partial charge in [0.2, 0.25) is 6.79 Å². The Hall–Kier alpha value is -1.71. The van der Waals surface area contributed by atoms with E-state index in [1.165, 1.54) is 38.5 Å². The van der Waals surface area contributed by atoms with Crippen LogP contribution >= 0.6 is 0 Å².